The summed E-state index contributed by atoms with van der Waals surface area (Å²) in [4.78, 5) is 6.45. The van der Waals surface area contributed by atoms with Crippen molar-refractivity contribution in [2.75, 3.05) is 7.05 Å². The zero-order valence-electron chi connectivity index (χ0n) is 20.7. The molecule has 3 heterocycles. The van der Waals surface area contributed by atoms with Gasteiger partial charge in [0.1, 0.15) is 11.4 Å². The summed E-state index contributed by atoms with van der Waals surface area (Å²) in [5, 5.41) is 14.4. The molecule has 0 radical (unpaired) electrons. The number of nitrogens with one attached hydrogen (secondary N) is 1. The maximum atomic E-state index is 10.7. The van der Waals surface area contributed by atoms with Crippen LogP contribution in [0, 0.1) is 0 Å². The van der Waals surface area contributed by atoms with E-state index >= 15 is 0 Å². The number of fused-ring (bicyclic) bond motifs is 1. The fraction of sp³-hybridized carbons (Fsp3) is 0.370. The third-order valence-corrected chi connectivity index (χ3v) is 6.60. The molecule has 1 saturated heterocycles. The molecule has 1 aliphatic heterocycles. The molecule has 7 nitrogen and oxygen atoms in total. The van der Waals surface area contributed by atoms with Crippen LogP contribution in [0.2, 0.25) is 0 Å². The molecule has 2 aromatic heterocycles. The quantitative estimate of drug-likeness (QED) is 0.428. The molecule has 180 valence electrons. The molecule has 34 heavy (non-hydrogen) atoms. The van der Waals surface area contributed by atoms with Crippen LogP contribution >= 0.6 is 0 Å². The first-order valence-corrected chi connectivity index (χ1v) is 11.7. The first-order valence-electron chi connectivity index (χ1n) is 11.7. The minimum absolute atomic E-state index is 0.0332. The van der Waals surface area contributed by atoms with Crippen molar-refractivity contribution >= 4 is 11.3 Å². The predicted molar refractivity (Wildman–Crippen MR) is 139 cm³/mol. The van der Waals surface area contributed by atoms with Crippen LogP contribution in [-0.4, -0.2) is 43.6 Å². The van der Waals surface area contributed by atoms with Crippen LogP contribution in [0.1, 0.15) is 46.1 Å². The molecule has 3 aromatic rings. The van der Waals surface area contributed by atoms with Gasteiger partial charge in [0.2, 0.25) is 0 Å². The lowest BCUT2D eigenvalue weighted by atomic mass is 9.79. The lowest BCUT2D eigenvalue weighted by molar-refractivity contribution is 0.0981. The maximum absolute atomic E-state index is 10.7. The van der Waals surface area contributed by atoms with E-state index in [1.54, 1.807) is 18.3 Å². The van der Waals surface area contributed by atoms with Crippen LogP contribution in [0.5, 0.6) is 5.75 Å². The van der Waals surface area contributed by atoms with Gasteiger partial charge in [-0.1, -0.05) is 6.07 Å². The number of hydrogen-bond donors (Lipinski definition) is 4. The van der Waals surface area contributed by atoms with E-state index in [1.807, 2.05) is 54.2 Å². The van der Waals surface area contributed by atoms with Crippen molar-refractivity contribution < 1.29 is 5.11 Å². The van der Waals surface area contributed by atoms with Gasteiger partial charge in [-0.3, -0.25) is 0 Å². The average molecular weight is 461 g/mol. The Labute approximate surface area is 201 Å². The van der Waals surface area contributed by atoms with Gasteiger partial charge < -0.3 is 31.2 Å². The predicted octanol–water partition coefficient (Wildman–Crippen LogP) is 4.05. The Morgan fingerprint density at radius 1 is 1.06 bits per heavy atom. The van der Waals surface area contributed by atoms with E-state index in [9.17, 15) is 5.11 Å². The van der Waals surface area contributed by atoms with E-state index in [1.165, 1.54) is 0 Å². The number of imidazole rings is 1. The second-order valence-electron chi connectivity index (χ2n) is 10.6. The number of nitrogens with zero attached hydrogens (tertiary/aromatic N) is 3. The lowest BCUT2D eigenvalue weighted by Crippen LogP contribution is -2.61. The summed E-state index contributed by atoms with van der Waals surface area (Å²) in [5.74, 6) is 0.766. The van der Waals surface area contributed by atoms with Crippen LogP contribution in [-0.2, 0) is 0 Å². The number of phenolic OH excluding ortho intramolecular Hbond substituents is 1. The van der Waals surface area contributed by atoms with Crippen molar-refractivity contribution in [2.24, 2.45) is 11.5 Å². The van der Waals surface area contributed by atoms with Crippen molar-refractivity contribution in [3.63, 3.8) is 0 Å². The molecule has 7 heteroatoms. The van der Waals surface area contributed by atoms with Gasteiger partial charge in [-0.15, -0.1) is 0 Å². The Balaban J connectivity index is 1.52. The summed E-state index contributed by atoms with van der Waals surface area (Å²) in [6, 6.07) is 9.79. The number of piperidine rings is 1. The smallest absolute Gasteiger partial charge is 0.137 e. The Hall–Kier alpha value is -3.45. The van der Waals surface area contributed by atoms with Crippen molar-refractivity contribution in [1.29, 1.82) is 0 Å². The molecule has 0 unspecified atom stereocenters. The number of aromatic hydroxyl groups is 1. The Morgan fingerprint density at radius 2 is 1.74 bits per heavy atom. The van der Waals surface area contributed by atoms with E-state index in [-0.39, 0.29) is 16.8 Å². The highest BCUT2D eigenvalue weighted by Gasteiger charge is 2.39. The van der Waals surface area contributed by atoms with E-state index in [2.05, 4.69) is 42.9 Å². The molecule has 0 aliphatic carbocycles. The van der Waals surface area contributed by atoms with Crippen molar-refractivity contribution in [3.8, 4) is 16.9 Å². The third-order valence-electron chi connectivity index (χ3n) is 6.60. The first-order chi connectivity index (χ1) is 15.9. The number of benzene rings is 1. The first kappa shape index (κ1) is 23.7. The number of allylic oxidation sites excluding steroid dienone is 2. The topological polar surface area (TPSA) is 105 Å². The second kappa shape index (κ2) is 8.72. The number of nitrogens with two attached hydrogens (primary N) is 2. The van der Waals surface area contributed by atoms with Crippen LogP contribution in [0.15, 0.2) is 66.9 Å². The minimum atomic E-state index is 0.0332. The molecule has 0 saturated carbocycles. The number of phenols is 1. The number of pyridine rings is 1. The SMILES string of the molecule is CN(/C(N)=C/C=C(\N)c1ccc(-c2ccn3ccnc3c2)cc1O)C1CC(C)(C)NC(C)(C)C1. The lowest BCUT2D eigenvalue weighted by Gasteiger charge is -2.49. The van der Waals surface area contributed by atoms with Gasteiger partial charge in [-0.05, 0) is 88.1 Å². The molecule has 1 aromatic carbocycles. The number of aromatic nitrogens is 2. The molecule has 0 amide bonds. The standard InChI is InChI=1S/C27H36N6O/c1-26(2)16-20(17-27(3,4)31-26)32(5)24(29)9-8-22(28)21-7-6-18(14-23(21)34)19-10-12-33-13-11-30-25(33)15-19/h6-15,20,31,34H,16-17,28-29H2,1-5H3/b22-8-,24-9+. The Bertz CT molecular complexity index is 1240. The van der Waals surface area contributed by atoms with E-state index in [0.717, 1.165) is 29.6 Å². The molecular weight excluding hydrogens is 424 g/mol. The molecule has 0 atom stereocenters. The summed E-state index contributed by atoms with van der Waals surface area (Å²) in [5.41, 5.74) is 16.6. The Kier molecular flexibility index (Phi) is 6.08. The zero-order valence-corrected chi connectivity index (χ0v) is 20.7. The molecule has 0 spiro atoms. The highest BCUT2D eigenvalue weighted by atomic mass is 16.3. The van der Waals surface area contributed by atoms with Crippen molar-refractivity contribution in [2.45, 2.75) is 57.7 Å². The van der Waals surface area contributed by atoms with E-state index in [0.29, 0.717) is 23.1 Å². The largest absolute Gasteiger partial charge is 0.507 e. The normalized spacial score (nSPS) is 18.9. The molecular formula is C27H36N6O. The summed E-state index contributed by atoms with van der Waals surface area (Å²) in [6.45, 7) is 8.91. The van der Waals surface area contributed by atoms with Gasteiger partial charge in [0.25, 0.3) is 0 Å². The van der Waals surface area contributed by atoms with Crippen LogP contribution in [0.25, 0.3) is 22.5 Å². The zero-order chi connectivity index (χ0) is 24.7. The monoisotopic (exact) mass is 460 g/mol. The summed E-state index contributed by atoms with van der Waals surface area (Å²) in [7, 11) is 2.03. The molecule has 6 N–H and O–H groups in total. The molecule has 1 aliphatic rings. The summed E-state index contributed by atoms with van der Waals surface area (Å²) in [6.07, 6.45) is 11.2. The summed E-state index contributed by atoms with van der Waals surface area (Å²) >= 11 is 0. The summed E-state index contributed by atoms with van der Waals surface area (Å²) < 4.78 is 1.94. The van der Waals surface area contributed by atoms with Crippen LogP contribution < -0.4 is 16.8 Å². The van der Waals surface area contributed by atoms with Crippen molar-refractivity contribution in [3.05, 3.63) is 72.5 Å². The fourth-order valence-electron chi connectivity index (χ4n) is 5.18. The maximum Gasteiger partial charge on any atom is 0.137 e. The molecule has 0 bridgehead atoms. The highest BCUT2D eigenvalue weighted by molar-refractivity contribution is 5.75. The van der Waals surface area contributed by atoms with Gasteiger partial charge in [0.15, 0.2) is 0 Å². The second-order valence-corrected chi connectivity index (χ2v) is 10.6. The van der Waals surface area contributed by atoms with Gasteiger partial charge in [0.05, 0.1) is 5.82 Å². The highest BCUT2D eigenvalue weighted by Crippen LogP contribution is 2.32. The van der Waals surface area contributed by atoms with Crippen molar-refractivity contribution in [1.82, 2.24) is 19.6 Å². The van der Waals surface area contributed by atoms with Crippen LogP contribution in [0.3, 0.4) is 0 Å². The average Bonchev–Trinajstić information content (AvgIpc) is 3.22. The molecule has 4 rings (SSSR count). The van der Waals surface area contributed by atoms with E-state index in [4.69, 9.17) is 11.5 Å². The minimum Gasteiger partial charge on any atom is -0.507 e. The molecule has 1 fully saturated rings. The van der Waals surface area contributed by atoms with E-state index < -0.39 is 0 Å². The third kappa shape index (κ3) is 5.04. The fourth-order valence-corrected chi connectivity index (χ4v) is 5.18. The van der Waals surface area contributed by atoms with Gasteiger partial charge in [0, 0.05) is 54.0 Å². The number of rotatable bonds is 5. The number of hydrogen-bond acceptors (Lipinski definition) is 6. The van der Waals surface area contributed by atoms with Gasteiger partial charge >= 0.3 is 0 Å². The van der Waals surface area contributed by atoms with Gasteiger partial charge in [-0.25, -0.2) is 4.98 Å². The van der Waals surface area contributed by atoms with Gasteiger partial charge in [-0.2, -0.15) is 0 Å². The Morgan fingerprint density at radius 3 is 2.41 bits per heavy atom. The van der Waals surface area contributed by atoms with Crippen LogP contribution in [0.4, 0.5) is 0 Å².